The molecule has 2 aromatic heterocycles. The van der Waals surface area contributed by atoms with Gasteiger partial charge < -0.3 is 15.6 Å². The molecule has 3 heterocycles. The van der Waals surface area contributed by atoms with Crippen LogP contribution in [0, 0.1) is 5.82 Å². The molecule has 7 heteroatoms. The predicted octanol–water partition coefficient (Wildman–Crippen LogP) is 2.67. The summed E-state index contributed by atoms with van der Waals surface area (Å²) in [7, 11) is 0. The summed E-state index contributed by atoms with van der Waals surface area (Å²) in [4.78, 5) is 24.2. The van der Waals surface area contributed by atoms with Gasteiger partial charge in [-0.25, -0.2) is 9.37 Å². The van der Waals surface area contributed by atoms with Gasteiger partial charge in [0, 0.05) is 43.5 Å². The zero-order valence-electron chi connectivity index (χ0n) is 14.7. The zero-order valence-corrected chi connectivity index (χ0v) is 14.7. The molecule has 0 aliphatic carbocycles. The van der Waals surface area contributed by atoms with Crippen molar-refractivity contribution >= 4 is 11.6 Å². The lowest BCUT2D eigenvalue weighted by molar-refractivity contribution is 0.0950. The van der Waals surface area contributed by atoms with E-state index in [1.165, 1.54) is 12.1 Å². The monoisotopic (exact) mass is 365 g/mol. The molecular weight excluding hydrogens is 345 g/mol. The van der Waals surface area contributed by atoms with Crippen molar-refractivity contribution in [2.75, 3.05) is 18.4 Å². The highest BCUT2D eigenvalue weighted by atomic mass is 19.1. The summed E-state index contributed by atoms with van der Waals surface area (Å²) < 4.78 is 13.2. The van der Waals surface area contributed by atoms with Gasteiger partial charge in [-0.15, -0.1) is 0 Å². The average molecular weight is 365 g/mol. The van der Waals surface area contributed by atoms with Crippen molar-refractivity contribution in [3.63, 3.8) is 0 Å². The summed E-state index contributed by atoms with van der Waals surface area (Å²) in [6, 6.07) is 10.3. The van der Waals surface area contributed by atoms with Crippen molar-refractivity contribution in [2.24, 2.45) is 0 Å². The smallest absolute Gasteiger partial charge is 0.271 e. The number of carbonyl (C=O) groups is 1. The molecular formula is C20H20FN5O. The number of halogens is 1. The fourth-order valence-electron chi connectivity index (χ4n) is 3.30. The van der Waals surface area contributed by atoms with E-state index in [4.69, 9.17) is 0 Å². The minimum absolute atomic E-state index is 0.0811. The van der Waals surface area contributed by atoms with Gasteiger partial charge in [0.25, 0.3) is 5.91 Å². The van der Waals surface area contributed by atoms with Gasteiger partial charge in [0.2, 0.25) is 0 Å². The van der Waals surface area contributed by atoms with E-state index in [-0.39, 0.29) is 17.6 Å². The van der Waals surface area contributed by atoms with Gasteiger partial charge >= 0.3 is 0 Å². The maximum Gasteiger partial charge on any atom is 0.271 e. The van der Waals surface area contributed by atoms with E-state index in [0.717, 1.165) is 22.8 Å². The van der Waals surface area contributed by atoms with Gasteiger partial charge in [-0.05, 0) is 36.2 Å². The van der Waals surface area contributed by atoms with Crippen molar-refractivity contribution in [3.8, 4) is 0 Å². The molecule has 4 rings (SSSR count). The number of hydrogen-bond donors (Lipinski definition) is 3. The number of anilines is 1. The molecule has 27 heavy (non-hydrogen) atoms. The summed E-state index contributed by atoms with van der Waals surface area (Å²) in [6.07, 6.45) is 4.81. The maximum atomic E-state index is 13.2. The van der Waals surface area contributed by atoms with E-state index in [1.807, 2.05) is 12.1 Å². The number of amides is 1. The second-order valence-electron chi connectivity index (χ2n) is 6.59. The molecule has 0 spiro atoms. The van der Waals surface area contributed by atoms with Crippen LogP contribution in [0.25, 0.3) is 0 Å². The minimum atomic E-state index is -0.262. The van der Waals surface area contributed by atoms with Crippen LogP contribution >= 0.6 is 0 Å². The van der Waals surface area contributed by atoms with E-state index >= 15 is 0 Å². The van der Waals surface area contributed by atoms with E-state index < -0.39 is 0 Å². The summed E-state index contributed by atoms with van der Waals surface area (Å²) >= 11 is 0. The highest BCUT2D eigenvalue weighted by Crippen LogP contribution is 2.24. The molecule has 0 saturated carbocycles. The Morgan fingerprint density at radius 1 is 1.22 bits per heavy atom. The normalized spacial score (nSPS) is 16.3. The zero-order chi connectivity index (χ0) is 18.6. The molecule has 0 fully saturated rings. The fourth-order valence-corrected chi connectivity index (χ4v) is 3.30. The van der Waals surface area contributed by atoms with Gasteiger partial charge in [-0.3, -0.25) is 9.78 Å². The first-order chi connectivity index (χ1) is 13.2. The quantitative estimate of drug-likeness (QED) is 0.649. The Morgan fingerprint density at radius 2 is 2.07 bits per heavy atom. The van der Waals surface area contributed by atoms with Crippen LogP contribution in [-0.4, -0.2) is 33.9 Å². The summed E-state index contributed by atoms with van der Waals surface area (Å²) in [5.74, 6) is 0.420. The number of imidazole rings is 1. The molecule has 1 atom stereocenters. The van der Waals surface area contributed by atoms with Crippen molar-refractivity contribution in [3.05, 3.63) is 77.4 Å². The molecule has 1 aliphatic rings. The highest BCUT2D eigenvalue weighted by molar-refractivity contribution is 5.94. The van der Waals surface area contributed by atoms with Gasteiger partial charge in [-0.1, -0.05) is 12.1 Å². The number of hydrogen-bond acceptors (Lipinski definition) is 4. The Balaban J connectivity index is 1.46. The Bertz CT molecular complexity index is 923. The molecule has 1 aromatic carbocycles. The number of fused-ring (bicyclic) bond motifs is 1. The van der Waals surface area contributed by atoms with E-state index in [0.29, 0.717) is 31.6 Å². The predicted molar refractivity (Wildman–Crippen MR) is 100 cm³/mol. The molecule has 0 saturated heterocycles. The topological polar surface area (TPSA) is 82.7 Å². The molecule has 0 radical (unpaired) electrons. The van der Waals surface area contributed by atoms with Crippen LogP contribution in [0.4, 0.5) is 10.1 Å². The van der Waals surface area contributed by atoms with Crippen molar-refractivity contribution < 1.29 is 9.18 Å². The first-order valence-electron chi connectivity index (χ1n) is 8.94. The van der Waals surface area contributed by atoms with Crippen molar-refractivity contribution in [1.29, 1.82) is 0 Å². The number of rotatable bonds is 5. The fraction of sp³-hybridized carbons (Fsp3) is 0.250. The Morgan fingerprint density at radius 3 is 2.85 bits per heavy atom. The lowest BCUT2D eigenvalue weighted by Crippen LogP contribution is -2.26. The Kier molecular flexibility index (Phi) is 4.82. The SMILES string of the molecule is O=C1NC[C@@H](c2ccc(F)cc2)Cc2[nH]c(CCNc3cccnc3)nc21. The lowest BCUT2D eigenvalue weighted by Gasteiger charge is -2.14. The van der Waals surface area contributed by atoms with Crippen LogP contribution in [-0.2, 0) is 12.8 Å². The van der Waals surface area contributed by atoms with Crippen LogP contribution in [0.3, 0.4) is 0 Å². The van der Waals surface area contributed by atoms with Crippen LogP contribution in [0.15, 0.2) is 48.8 Å². The molecule has 0 unspecified atom stereocenters. The van der Waals surface area contributed by atoms with Gasteiger partial charge in [0.1, 0.15) is 17.3 Å². The molecule has 3 N–H and O–H groups in total. The number of H-pyrrole nitrogens is 1. The first kappa shape index (κ1) is 17.2. The van der Waals surface area contributed by atoms with Crippen LogP contribution in [0.5, 0.6) is 0 Å². The standard InChI is InChI=1S/C20H20FN5O/c21-15-5-3-13(4-6-15)14-10-17-19(20(27)24-11-14)26-18(25-17)7-9-23-16-2-1-8-22-12-16/h1-6,8,12,14,23H,7,9-11H2,(H,24,27)(H,25,26)/t14-/m0/s1. The second-order valence-corrected chi connectivity index (χ2v) is 6.59. The lowest BCUT2D eigenvalue weighted by atomic mass is 9.94. The first-order valence-corrected chi connectivity index (χ1v) is 8.94. The number of aromatic nitrogens is 3. The third kappa shape index (κ3) is 3.97. The minimum Gasteiger partial charge on any atom is -0.383 e. The van der Waals surface area contributed by atoms with Gasteiger partial charge in [0.05, 0.1) is 5.69 Å². The maximum absolute atomic E-state index is 13.2. The molecule has 6 nitrogen and oxygen atoms in total. The van der Waals surface area contributed by atoms with Crippen molar-refractivity contribution in [1.82, 2.24) is 20.3 Å². The Hall–Kier alpha value is -3.22. The van der Waals surface area contributed by atoms with E-state index in [9.17, 15) is 9.18 Å². The summed E-state index contributed by atoms with van der Waals surface area (Å²) in [6.45, 7) is 1.19. The van der Waals surface area contributed by atoms with Crippen molar-refractivity contribution in [2.45, 2.75) is 18.8 Å². The highest BCUT2D eigenvalue weighted by Gasteiger charge is 2.26. The van der Waals surface area contributed by atoms with E-state index in [1.54, 1.807) is 24.5 Å². The molecule has 0 bridgehead atoms. The number of pyridine rings is 1. The van der Waals surface area contributed by atoms with Gasteiger partial charge in [-0.2, -0.15) is 0 Å². The number of carbonyl (C=O) groups excluding carboxylic acids is 1. The third-order valence-electron chi connectivity index (χ3n) is 4.70. The average Bonchev–Trinajstić information content (AvgIpc) is 3.02. The Labute approximate surface area is 156 Å². The molecule has 1 amide bonds. The summed E-state index contributed by atoms with van der Waals surface area (Å²) in [5.41, 5.74) is 3.23. The van der Waals surface area contributed by atoms with Crippen LogP contribution < -0.4 is 10.6 Å². The third-order valence-corrected chi connectivity index (χ3v) is 4.70. The number of benzene rings is 1. The van der Waals surface area contributed by atoms with E-state index in [2.05, 4.69) is 25.6 Å². The largest absolute Gasteiger partial charge is 0.383 e. The van der Waals surface area contributed by atoms with Crippen LogP contribution in [0.1, 0.15) is 33.5 Å². The molecule has 1 aliphatic heterocycles. The molecule has 3 aromatic rings. The summed E-state index contributed by atoms with van der Waals surface area (Å²) in [5, 5.41) is 6.20. The second kappa shape index (κ2) is 7.57. The number of nitrogens with one attached hydrogen (secondary N) is 3. The molecule has 138 valence electrons. The number of aromatic amines is 1. The van der Waals surface area contributed by atoms with Gasteiger partial charge in [0.15, 0.2) is 0 Å². The van der Waals surface area contributed by atoms with Crippen LogP contribution in [0.2, 0.25) is 0 Å². The number of nitrogens with zero attached hydrogens (tertiary/aromatic N) is 2.